The molecule has 0 amide bonds. The highest BCUT2D eigenvalue weighted by atomic mass is 35.5. The molecule has 7 nitrogen and oxygen atoms in total. The average Bonchev–Trinajstić information content (AvgIpc) is 2.32. The van der Waals surface area contributed by atoms with E-state index in [-0.39, 0.29) is 15.9 Å². The minimum Gasteiger partial charge on any atom is -0.323 e. The van der Waals surface area contributed by atoms with E-state index in [1.807, 2.05) is 0 Å². The summed E-state index contributed by atoms with van der Waals surface area (Å²) in [6.45, 7) is 0. The van der Waals surface area contributed by atoms with Crippen LogP contribution in [-0.4, -0.2) is 27.9 Å². The minimum absolute atomic E-state index is 0.102. The second-order valence-electron chi connectivity index (χ2n) is 3.15. The lowest BCUT2D eigenvalue weighted by atomic mass is 10.3. The number of anilines is 2. The van der Waals surface area contributed by atoms with Crippen molar-refractivity contribution >= 4 is 33.4 Å². The maximum Gasteiger partial charge on any atom is 0.294 e. The molecule has 0 bridgehead atoms. The van der Waals surface area contributed by atoms with Crippen LogP contribution in [0.3, 0.4) is 0 Å². The van der Waals surface area contributed by atoms with Crippen molar-refractivity contribution < 1.29 is 13.0 Å². The van der Waals surface area contributed by atoms with Crippen LogP contribution in [0.1, 0.15) is 0 Å². The molecule has 0 aliphatic heterocycles. The highest BCUT2D eigenvalue weighted by Crippen LogP contribution is 2.26. The van der Waals surface area contributed by atoms with Gasteiger partial charge in [0.25, 0.3) is 10.1 Å². The number of benzene rings is 1. The van der Waals surface area contributed by atoms with E-state index in [0.29, 0.717) is 5.69 Å². The normalized spacial score (nSPS) is 11.2. The molecule has 1 aromatic heterocycles. The molecule has 9 heteroatoms. The number of nitrogens with zero attached hydrogens (tertiary/aromatic N) is 3. The van der Waals surface area contributed by atoms with E-state index in [2.05, 4.69) is 26.6 Å². The van der Waals surface area contributed by atoms with Crippen LogP contribution < -0.4 is 5.32 Å². The van der Waals surface area contributed by atoms with Gasteiger partial charge in [0.15, 0.2) is 0 Å². The number of hydrogen-bond donors (Lipinski definition) is 2. The van der Waals surface area contributed by atoms with Gasteiger partial charge in [0, 0.05) is 0 Å². The Morgan fingerprint density at radius 3 is 2.72 bits per heavy atom. The third kappa shape index (κ3) is 2.92. The zero-order valence-electron chi connectivity index (χ0n) is 8.70. The van der Waals surface area contributed by atoms with Crippen LogP contribution in [0.4, 0.5) is 11.6 Å². The molecule has 2 rings (SSSR count). The van der Waals surface area contributed by atoms with Gasteiger partial charge in [-0.1, -0.05) is 11.6 Å². The smallest absolute Gasteiger partial charge is 0.294 e. The van der Waals surface area contributed by atoms with Gasteiger partial charge in [-0.25, -0.2) is 9.97 Å². The summed E-state index contributed by atoms with van der Waals surface area (Å²) in [5.74, 6) is 0.214. The zero-order chi connectivity index (χ0) is 13.2. The first-order chi connectivity index (χ1) is 8.47. The monoisotopic (exact) mass is 285 g/mol. The topological polar surface area (TPSA) is 105 Å². The van der Waals surface area contributed by atoms with Gasteiger partial charge >= 0.3 is 0 Å². The first kappa shape index (κ1) is 12.7. The van der Waals surface area contributed by atoms with Crippen LogP contribution in [0.5, 0.6) is 0 Å². The molecule has 1 heterocycles. The van der Waals surface area contributed by atoms with E-state index in [9.17, 15) is 8.42 Å². The van der Waals surface area contributed by atoms with E-state index >= 15 is 0 Å². The molecule has 0 saturated carbocycles. The fourth-order valence-corrected chi connectivity index (χ4v) is 1.95. The van der Waals surface area contributed by atoms with Crippen LogP contribution in [-0.2, 0) is 10.1 Å². The van der Waals surface area contributed by atoms with Crippen molar-refractivity contribution in [1.29, 1.82) is 0 Å². The zero-order valence-corrected chi connectivity index (χ0v) is 10.3. The van der Waals surface area contributed by atoms with Crippen molar-refractivity contribution in [3.63, 3.8) is 0 Å². The lowest BCUT2D eigenvalue weighted by Crippen LogP contribution is -2.01. The Labute approximate surface area is 108 Å². The molecule has 0 fully saturated rings. The molecule has 1 aromatic carbocycles. The Kier molecular flexibility index (Phi) is 3.41. The van der Waals surface area contributed by atoms with Crippen molar-refractivity contribution in [2.45, 2.75) is 4.90 Å². The molecule has 0 unspecified atom stereocenters. The standard InChI is InChI=1S/C9H6ClN4O3S/c10-7-3-6(18(15,16)17)1-2-8(7)14-9-12-4-11-5-13-9/h1-4H,(H,15,16,17)(H,11,12,13,14). The van der Waals surface area contributed by atoms with Crippen molar-refractivity contribution in [3.8, 4) is 0 Å². The van der Waals surface area contributed by atoms with E-state index in [1.165, 1.54) is 18.5 Å². The number of hydrogen-bond acceptors (Lipinski definition) is 6. The first-order valence-corrected chi connectivity index (χ1v) is 6.38. The van der Waals surface area contributed by atoms with Crippen molar-refractivity contribution in [2.24, 2.45) is 0 Å². The van der Waals surface area contributed by atoms with Crippen molar-refractivity contribution in [1.82, 2.24) is 15.0 Å². The summed E-state index contributed by atoms with van der Waals surface area (Å²) in [6, 6.07) is 3.70. The molecule has 0 aliphatic rings. The van der Waals surface area contributed by atoms with Crippen LogP contribution in [0.2, 0.25) is 5.02 Å². The highest BCUT2D eigenvalue weighted by Gasteiger charge is 2.12. The van der Waals surface area contributed by atoms with Crippen molar-refractivity contribution in [3.05, 3.63) is 35.9 Å². The molecule has 1 radical (unpaired) electrons. The second-order valence-corrected chi connectivity index (χ2v) is 4.98. The fraction of sp³-hybridized carbons (Fsp3) is 0. The molecular formula is C9H6ClN4O3S. The highest BCUT2D eigenvalue weighted by molar-refractivity contribution is 7.85. The Hall–Kier alpha value is -1.77. The van der Waals surface area contributed by atoms with Crippen LogP contribution >= 0.6 is 11.6 Å². The lowest BCUT2D eigenvalue weighted by Gasteiger charge is -2.06. The Morgan fingerprint density at radius 1 is 1.39 bits per heavy atom. The lowest BCUT2D eigenvalue weighted by molar-refractivity contribution is 0.483. The summed E-state index contributed by atoms with van der Waals surface area (Å²) in [4.78, 5) is 10.7. The van der Waals surface area contributed by atoms with Gasteiger partial charge in [0.2, 0.25) is 12.3 Å². The summed E-state index contributed by atoms with van der Waals surface area (Å²) in [5.41, 5.74) is 0.392. The van der Waals surface area contributed by atoms with Gasteiger partial charge < -0.3 is 5.32 Å². The van der Waals surface area contributed by atoms with E-state index in [4.69, 9.17) is 16.2 Å². The van der Waals surface area contributed by atoms with Gasteiger partial charge in [-0.05, 0) is 18.2 Å². The number of aromatic nitrogens is 3. The Morgan fingerprint density at radius 2 is 2.17 bits per heavy atom. The van der Waals surface area contributed by atoms with Crippen LogP contribution in [0.15, 0.2) is 29.4 Å². The van der Waals surface area contributed by atoms with Gasteiger partial charge in [0.05, 0.1) is 15.6 Å². The molecule has 0 spiro atoms. The predicted molar refractivity (Wildman–Crippen MR) is 63.2 cm³/mol. The molecule has 0 saturated heterocycles. The number of nitrogens with one attached hydrogen (secondary N) is 1. The van der Waals surface area contributed by atoms with Gasteiger partial charge in [-0.3, -0.25) is 4.55 Å². The summed E-state index contributed by atoms with van der Waals surface area (Å²) in [6.07, 6.45) is 3.58. The number of halogens is 1. The SMILES string of the molecule is O=S(=O)(O)c1ccc(Nc2n[c]ncn2)c(Cl)c1. The minimum atomic E-state index is -4.27. The summed E-state index contributed by atoms with van der Waals surface area (Å²) in [5, 5.41) is 2.85. The third-order valence-electron chi connectivity index (χ3n) is 1.94. The quantitative estimate of drug-likeness (QED) is 0.819. The predicted octanol–water partition coefficient (Wildman–Crippen LogP) is 1.32. The van der Waals surface area contributed by atoms with Crippen molar-refractivity contribution in [2.75, 3.05) is 5.32 Å². The molecule has 2 N–H and O–H groups in total. The second kappa shape index (κ2) is 4.84. The van der Waals surface area contributed by atoms with E-state index in [1.54, 1.807) is 0 Å². The molecule has 93 valence electrons. The van der Waals surface area contributed by atoms with E-state index in [0.717, 1.165) is 6.07 Å². The van der Waals surface area contributed by atoms with Gasteiger partial charge in [-0.15, -0.1) is 0 Å². The molecule has 18 heavy (non-hydrogen) atoms. The van der Waals surface area contributed by atoms with Crippen LogP contribution in [0.25, 0.3) is 0 Å². The number of rotatable bonds is 3. The largest absolute Gasteiger partial charge is 0.323 e. The van der Waals surface area contributed by atoms with Crippen LogP contribution in [0, 0.1) is 6.33 Å². The average molecular weight is 286 g/mol. The molecular weight excluding hydrogens is 280 g/mol. The first-order valence-electron chi connectivity index (χ1n) is 4.56. The molecule has 0 aliphatic carbocycles. The van der Waals surface area contributed by atoms with Gasteiger partial charge in [0.1, 0.15) is 6.33 Å². The maximum atomic E-state index is 10.9. The van der Waals surface area contributed by atoms with E-state index < -0.39 is 10.1 Å². The Balaban J connectivity index is 2.32. The summed E-state index contributed by atoms with van der Waals surface area (Å²) >= 11 is 5.87. The van der Waals surface area contributed by atoms with Gasteiger partial charge in [-0.2, -0.15) is 13.4 Å². The third-order valence-corrected chi connectivity index (χ3v) is 3.10. The molecule has 2 aromatic rings. The summed E-state index contributed by atoms with van der Waals surface area (Å²) in [7, 11) is -4.27. The summed E-state index contributed by atoms with van der Waals surface area (Å²) < 4.78 is 30.6. The maximum absolute atomic E-state index is 10.9. The fourth-order valence-electron chi connectivity index (χ4n) is 1.15. The Bertz CT molecular complexity index is 663. The molecule has 0 atom stereocenters.